The molecule has 14 heavy (non-hydrogen) atoms. The molecule has 0 amide bonds. The molecule has 5 heteroatoms. The fourth-order valence-corrected chi connectivity index (χ4v) is 1.75. The van der Waals surface area contributed by atoms with Crippen molar-refractivity contribution in [2.45, 2.75) is 12.5 Å². The zero-order chi connectivity index (χ0) is 10.7. The number of aromatic hydroxyl groups is 1. The quantitative estimate of drug-likeness (QED) is 0.726. The van der Waals surface area contributed by atoms with Gasteiger partial charge in [-0.2, -0.15) is 0 Å². The number of carbonyl (C=O) groups is 1. The van der Waals surface area contributed by atoms with Gasteiger partial charge in [0.1, 0.15) is 11.8 Å². The van der Waals surface area contributed by atoms with Gasteiger partial charge in [0, 0.05) is 3.57 Å². The van der Waals surface area contributed by atoms with Crippen molar-refractivity contribution >= 4 is 28.6 Å². The van der Waals surface area contributed by atoms with E-state index >= 15 is 0 Å². The number of carboxylic acid groups (broad SMARTS) is 1. The molecule has 0 heterocycles. The number of halogens is 1. The smallest absolute Gasteiger partial charge is 0.320 e. The summed E-state index contributed by atoms with van der Waals surface area (Å²) in [6.45, 7) is 0. The first-order chi connectivity index (χ1) is 6.50. The molecule has 0 unspecified atom stereocenters. The van der Waals surface area contributed by atoms with Crippen LogP contribution in [0.25, 0.3) is 0 Å². The average Bonchev–Trinajstić information content (AvgIpc) is 2.09. The molecule has 0 spiro atoms. The van der Waals surface area contributed by atoms with Crippen molar-refractivity contribution in [3.63, 3.8) is 0 Å². The predicted molar refractivity (Wildman–Crippen MR) is 60.1 cm³/mol. The monoisotopic (exact) mass is 311 g/mol. The van der Waals surface area contributed by atoms with Crippen LogP contribution in [0.15, 0.2) is 18.2 Å². The largest absolute Gasteiger partial charge is 0.508 e. The minimum Gasteiger partial charge on any atom is -0.508 e. The summed E-state index contributed by atoms with van der Waals surface area (Å²) in [5.41, 5.74) is 6.22. The molecule has 0 bridgehead atoms. The Morgan fingerprint density at radius 2 is 2.21 bits per heavy atom. The van der Waals surface area contributed by atoms with Crippen molar-refractivity contribution in [1.29, 1.82) is 0 Å². The Hall–Kier alpha value is -0.820. The summed E-state index contributed by atoms with van der Waals surface area (Å²) in [6, 6.07) is 3.88. The highest BCUT2D eigenvalue weighted by atomic mass is 131. The highest BCUT2D eigenvalue weighted by Gasteiger charge is 2.13. The second-order valence-electron chi connectivity index (χ2n) is 2.92. The molecule has 0 aromatic heterocycles. The second-order valence-corrected chi connectivity index (χ2v) is 4.09. The summed E-state index contributed by atoms with van der Waals surface area (Å²) in [4.78, 5) is 10.5. The fourth-order valence-electron chi connectivity index (χ4n) is 1.03. The molecule has 0 saturated carbocycles. The number of phenols is 1. The number of hydrogen-bond donors (Lipinski definition) is 3. The van der Waals surface area contributed by atoms with Crippen LogP contribution >= 0.6 is 22.6 Å². The molecule has 76 valence electrons. The van der Waals surface area contributed by atoms with Crippen molar-refractivity contribution < 1.29 is 15.0 Å². The molecule has 0 aliphatic heterocycles. The lowest BCUT2D eigenvalue weighted by molar-refractivity contribution is -0.138. The Morgan fingerprint density at radius 3 is 2.71 bits per heavy atom. The van der Waals surface area contributed by atoms with Gasteiger partial charge in [-0.25, -0.2) is 0 Å². The van der Waals surface area contributed by atoms with E-state index in [-0.39, 0.29) is 12.2 Å². The first-order valence-electron chi connectivity index (χ1n) is 3.96. The second kappa shape index (κ2) is 4.61. The van der Waals surface area contributed by atoms with E-state index in [0.717, 1.165) is 9.13 Å². The lowest BCUT2D eigenvalue weighted by atomic mass is 10.1. The van der Waals surface area contributed by atoms with E-state index in [1.807, 2.05) is 22.6 Å². The summed E-state index contributed by atoms with van der Waals surface area (Å²) < 4.78 is 0.819. The predicted octanol–water partition coefficient (Wildman–Crippen LogP) is 0.951. The summed E-state index contributed by atoms with van der Waals surface area (Å²) in [7, 11) is 0. The van der Waals surface area contributed by atoms with Gasteiger partial charge in [-0.05, 0) is 46.7 Å². The van der Waals surface area contributed by atoms with E-state index < -0.39 is 12.0 Å². The van der Waals surface area contributed by atoms with E-state index in [1.165, 1.54) is 6.07 Å². The van der Waals surface area contributed by atoms with Crippen LogP contribution in [0, 0.1) is 3.57 Å². The summed E-state index contributed by atoms with van der Waals surface area (Å²) >= 11 is 2.03. The zero-order valence-electron chi connectivity index (χ0n) is 7.27. The normalized spacial score (nSPS) is 12.4. The molecule has 0 aliphatic rings. The molecule has 0 fully saturated rings. The van der Waals surface area contributed by atoms with Crippen LogP contribution in [0.5, 0.6) is 5.75 Å². The van der Waals surface area contributed by atoms with Gasteiger partial charge in [0.2, 0.25) is 0 Å². The molecule has 0 saturated heterocycles. The first-order valence-corrected chi connectivity index (χ1v) is 5.04. The van der Waals surface area contributed by atoms with Crippen LogP contribution in [0.2, 0.25) is 0 Å². The number of benzene rings is 1. The molecule has 1 aromatic carbocycles. The number of aliphatic carboxylic acids is 1. The molecular formula is C9H10INO3. The lowest BCUT2D eigenvalue weighted by Crippen LogP contribution is -2.32. The van der Waals surface area contributed by atoms with E-state index in [9.17, 15) is 4.79 Å². The highest BCUT2D eigenvalue weighted by Crippen LogP contribution is 2.19. The van der Waals surface area contributed by atoms with E-state index in [0.29, 0.717) is 0 Å². The maximum Gasteiger partial charge on any atom is 0.320 e. The van der Waals surface area contributed by atoms with Crippen LogP contribution < -0.4 is 5.73 Å². The van der Waals surface area contributed by atoms with E-state index in [1.54, 1.807) is 12.1 Å². The van der Waals surface area contributed by atoms with Crippen molar-refractivity contribution in [3.8, 4) is 5.75 Å². The Bertz CT molecular complexity index is 354. The number of carboxylic acids is 1. The Kier molecular flexibility index (Phi) is 3.70. The maximum absolute atomic E-state index is 10.5. The first kappa shape index (κ1) is 11.3. The van der Waals surface area contributed by atoms with Gasteiger partial charge < -0.3 is 15.9 Å². The van der Waals surface area contributed by atoms with Crippen molar-refractivity contribution in [3.05, 3.63) is 27.3 Å². The Morgan fingerprint density at radius 1 is 1.57 bits per heavy atom. The average molecular weight is 311 g/mol. The minimum atomic E-state index is -1.02. The minimum absolute atomic E-state index is 0.169. The van der Waals surface area contributed by atoms with Crippen molar-refractivity contribution in [2.75, 3.05) is 0 Å². The molecule has 0 radical (unpaired) electrons. The van der Waals surface area contributed by atoms with Gasteiger partial charge in [0.15, 0.2) is 0 Å². The van der Waals surface area contributed by atoms with Crippen LogP contribution in [0.4, 0.5) is 0 Å². The summed E-state index contributed by atoms with van der Waals surface area (Å²) in [6.07, 6.45) is 0.272. The van der Waals surface area contributed by atoms with Gasteiger partial charge >= 0.3 is 5.97 Å². The zero-order valence-corrected chi connectivity index (χ0v) is 9.43. The summed E-state index contributed by atoms with van der Waals surface area (Å²) in [5, 5.41) is 17.7. The van der Waals surface area contributed by atoms with E-state index in [2.05, 4.69) is 0 Å². The van der Waals surface area contributed by atoms with Gasteiger partial charge in [-0.1, -0.05) is 6.07 Å². The maximum atomic E-state index is 10.5. The molecule has 1 aromatic rings. The van der Waals surface area contributed by atoms with Crippen LogP contribution in [-0.4, -0.2) is 22.2 Å². The molecule has 0 aliphatic carbocycles. The van der Waals surface area contributed by atoms with Crippen LogP contribution in [0.3, 0.4) is 0 Å². The van der Waals surface area contributed by atoms with Crippen molar-refractivity contribution in [2.24, 2.45) is 5.73 Å². The Balaban J connectivity index is 2.82. The highest BCUT2D eigenvalue weighted by molar-refractivity contribution is 14.1. The van der Waals surface area contributed by atoms with Gasteiger partial charge in [-0.15, -0.1) is 0 Å². The van der Waals surface area contributed by atoms with Gasteiger partial charge in [0.05, 0.1) is 0 Å². The fraction of sp³-hybridized carbons (Fsp3) is 0.222. The molecule has 4 N–H and O–H groups in total. The number of phenolic OH excluding ortho intramolecular Hbond substituents is 1. The third kappa shape index (κ3) is 2.85. The van der Waals surface area contributed by atoms with Gasteiger partial charge in [0.25, 0.3) is 0 Å². The number of nitrogens with two attached hydrogens (primary N) is 1. The third-order valence-corrected chi connectivity index (χ3v) is 2.80. The standard InChI is InChI=1S/C9H10INO3/c10-7-4-6(12)2-1-5(7)3-8(11)9(13)14/h1-2,4,8,12H,3,11H2,(H,13,14)/t8-/m0/s1/i10+4. The number of rotatable bonds is 3. The number of hydrogen-bond acceptors (Lipinski definition) is 3. The van der Waals surface area contributed by atoms with E-state index in [4.69, 9.17) is 15.9 Å². The summed E-state index contributed by atoms with van der Waals surface area (Å²) in [5.74, 6) is -0.851. The van der Waals surface area contributed by atoms with Crippen LogP contribution in [-0.2, 0) is 11.2 Å². The molecule has 1 rings (SSSR count). The lowest BCUT2D eigenvalue weighted by Gasteiger charge is -2.08. The molecule has 1 atom stereocenters. The molecule has 4 nitrogen and oxygen atoms in total. The van der Waals surface area contributed by atoms with Gasteiger partial charge in [-0.3, -0.25) is 4.79 Å². The van der Waals surface area contributed by atoms with Crippen molar-refractivity contribution in [1.82, 2.24) is 0 Å². The SMILES string of the molecule is N[C@@H](Cc1ccc(O)cc1[131I])C(=O)O. The molecular weight excluding hydrogens is 301 g/mol. The Labute approximate surface area is 94.9 Å². The third-order valence-electron chi connectivity index (χ3n) is 1.79. The van der Waals surface area contributed by atoms with Crippen LogP contribution in [0.1, 0.15) is 5.56 Å². The topological polar surface area (TPSA) is 83.5 Å².